The van der Waals surface area contributed by atoms with E-state index in [0.717, 1.165) is 34.6 Å². The van der Waals surface area contributed by atoms with Crippen molar-refractivity contribution in [3.05, 3.63) is 60.0 Å². The normalized spacial score (nSPS) is 10.4. The second-order valence-electron chi connectivity index (χ2n) is 4.51. The average molecular weight is 263 g/mol. The van der Waals surface area contributed by atoms with E-state index in [2.05, 4.69) is 15.0 Å². The molecule has 0 bridgehead atoms. The number of aldehydes is 1. The van der Waals surface area contributed by atoms with Crippen LogP contribution in [-0.4, -0.2) is 21.2 Å². The van der Waals surface area contributed by atoms with Crippen LogP contribution < -0.4 is 0 Å². The number of aromatic nitrogens is 3. The number of hydrogen-bond acceptors (Lipinski definition) is 3. The fourth-order valence-electron chi connectivity index (χ4n) is 2.18. The van der Waals surface area contributed by atoms with Gasteiger partial charge in [-0.25, -0.2) is 4.98 Å². The monoisotopic (exact) mass is 263 g/mol. The molecule has 0 radical (unpaired) electrons. The van der Waals surface area contributed by atoms with Crippen LogP contribution in [0.1, 0.15) is 16.1 Å². The van der Waals surface area contributed by atoms with E-state index in [-0.39, 0.29) is 0 Å². The lowest BCUT2D eigenvalue weighted by atomic mass is 10.0. The Kier molecular flexibility index (Phi) is 3.13. The fraction of sp³-hybridized carbons (Fsp3) is 0.0625. The lowest BCUT2D eigenvalue weighted by molar-refractivity contribution is 0.112. The Morgan fingerprint density at radius 3 is 2.75 bits per heavy atom. The van der Waals surface area contributed by atoms with Crippen molar-refractivity contribution in [1.82, 2.24) is 15.0 Å². The summed E-state index contributed by atoms with van der Waals surface area (Å²) >= 11 is 0. The van der Waals surface area contributed by atoms with Crippen LogP contribution in [0.25, 0.3) is 22.6 Å². The molecule has 0 spiro atoms. The third-order valence-electron chi connectivity index (χ3n) is 3.16. The zero-order chi connectivity index (χ0) is 13.9. The average Bonchev–Trinajstić information content (AvgIpc) is 2.90. The lowest BCUT2D eigenvalue weighted by Crippen LogP contribution is -1.89. The van der Waals surface area contributed by atoms with Gasteiger partial charge in [0.2, 0.25) is 0 Å². The van der Waals surface area contributed by atoms with Gasteiger partial charge in [-0.2, -0.15) is 0 Å². The van der Waals surface area contributed by atoms with Gasteiger partial charge in [0.15, 0.2) is 6.29 Å². The van der Waals surface area contributed by atoms with Crippen LogP contribution in [0.5, 0.6) is 0 Å². The van der Waals surface area contributed by atoms with Crippen LogP contribution in [0.4, 0.5) is 0 Å². The molecule has 0 saturated heterocycles. The highest BCUT2D eigenvalue weighted by atomic mass is 16.1. The van der Waals surface area contributed by atoms with Crippen LogP contribution in [0.3, 0.4) is 0 Å². The molecule has 0 amide bonds. The predicted octanol–water partition coefficient (Wildman–Crippen LogP) is 3.26. The summed E-state index contributed by atoms with van der Waals surface area (Å²) in [4.78, 5) is 23.1. The Labute approximate surface area is 116 Å². The molecular weight excluding hydrogens is 250 g/mol. The Morgan fingerprint density at radius 1 is 1.15 bits per heavy atom. The van der Waals surface area contributed by atoms with Crippen LogP contribution in [0.2, 0.25) is 0 Å². The van der Waals surface area contributed by atoms with Crippen molar-refractivity contribution >= 4 is 6.29 Å². The predicted molar refractivity (Wildman–Crippen MR) is 77.4 cm³/mol. The first-order valence-corrected chi connectivity index (χ1v) is 6.31. The van der Waals surface area contributed by atoms with Crippen molar-refractivity contribution in [2.75, 3.05) is 0 Å². The van der Waals surface area contributed by atoms with E-state index in [4.69, 9.17) is 0 Å². The molecule has 0 atom stereocenters. The molecule has 0 aliphatic carbocycles. The second kappa shape index (κ2) is 5.09. The van der Waals surface area contributed by atoms with Crippen molar-refractivity contribution in [2.45, 2.75) is 6.92 Å². The maximum atomic E-state index is 11.1. The summed E-state index contributed by atoms with van der Waals surface area (Å²) in [5.74, 6) is 0.756. The first-order valence-electron chi connectivity index (χ1n) is 6.31. The molecule has 2 heterocycles. The molecule has 4 heteroatoms. The standard InChI is InChI=1S/C16H13N3O/c1-11-15(14-7-3-2-5-13(14)10-20)19-16(18-11)12-6-4-8-17-9-12/h2-10H,1H3,(H,18,19). The van der Waals surface area contributed by atoms with Gasteiger partial charge in [0.05, 0.1) is 5.69 Å². The number of H-pyrrole nitrogens is 1. The number of imidazole rings is 1. The summed E-state index contributed by atoms with van der Waals surface area (Å²) < 4.78 is 0. The molecule has 0 aliphatic rings. The molecule has 20 heavy (non-hydrogen) atoms. The zero-order valence-corrected chi connectivity index (χ0v) is 11.0. The molecule has 0 saturated carbocycles. The molecule has 3 aromatic rings. The number of aryl methyl sites for hydroxylation is 1. The number of pyridine rings is 1. The molecule has 2 aromatic heterocycles. The van der Waals surface area contributed by atoms with Crippen molar-refractivity contribution in [2.24, 2.45) is 0 Å². The zero-order valence-electron chi connectivity index (χ0n) is 11.0. The minimum atomic E-state index is 0.639. The Balaban J connectivity index is 2.12. The highest BCUT2D eigenvalue weighted by Crippen LogP contribution is 2.27. The third-order valence-corrected chi connectivity index (χ3v) is 3.16. The van der Waals surface area contributed by atoms with E-state index >= 15 is 0 Å². The quantitative estimate of drug-likeness (QED) is 0.738. The Morgan fingerprint density at radius 2 is 2.00 bits per heavy atom. The summed E-state index contributed by atoms with van der Waals surface area (Å²) in [6.07, 6.45) is 4.34. The summed E-state index contributed by atoms with van der Waals surface area (Å²) in [5.41, 5.74) is 4.13. The van der Waals surface area contributed by atoms with Gasteiger partial charge < -0.3 is 4.98 Å². The summed E-state index contributed by atoms with van der Waals surface area (Å²) in [6, 6.07) is 11.3. The van der Waals surface area contributed by atoms with E-state index in [9.17, 15) is 4.79 Å². The number of carbonyl (C=O) groups is 1. The summed E-state index contributed by atoms with van der Waals surface area (Å²) in [5, 5.41) is 0. The van der Waals surface area contributed by atoms with E-state index in [1.54, 1.807) is 18.5 Å². The third kappa shape index (κ3) is 2.12. The molecule has 4 nitrogen and oxygen atoms in total. The highest BCUT2D eigenvalue weighted by molar-refractivity contribution is 5.87. The molecule has 0 unspecified atom stereocenters. The number of nitrogens with zero attached hydrogens (tertiary/aromatic N) is 2. The fourth-order valence-corrected chi connectivity index (χ4v) is 2.18. The highest BCUT2D eigenvalue weighted by Gasteiger charge is 2.13. The molecular formula is C16H13N3O. The van der Waals surface area contributed by atoms with Crippen LogP contribution in [-0.2, 0) is 0 Å². The Bertz CT molecular complexity index is 747. The maximum Gasteiger partial charge on any atom is 0.150 e. The topological polar surface area (TPSA) is 58.6 Å². The molecule has 0 aliphatic heterocycles. The minimum absolute atomic E-state index is 0.639. The van der Waals surface area contributed by atoms with Crippen LogP contribution in [0, 0.1) is 6.92 Å². The van der Waals surface area contributed by atoms with E-state index in [0.29, 0.717) is 5.56 Å². The van der Waals surface area contributed by atoms with E-state index in [1.807, 2.05) is 37.3 Å². The molecule has 98 valence electrons. The van der Waals surface area contributed by atoms with Gasteiger partial charge in [0, 0.05) is 34.8 Å². The van der Waals surface area contributed by atoms with E-state index in [1.165, 1.54) is 0 Å². The van der Waals surface area contributed by atoms with Gasteiger partial charge in [0.1, 0.15) is 5.82 Å². The van der Waals surface area contributed by atoms with Gasteiger partial charge in [-0.15, -0.1) is 0 Å². The summed E-state index contributed by atoms with van der Waals surface area (Å²) in [7, 11) is 0. The first kappa shape index (κ1) is 12.3. The minimum Gasteiger partial charge on any atom is -0.341 e. The molecule has 1 aromatic carbocycles. The van der Waals surface area contributed by atoms with Crippen molar-refractivity contribution in [1.29, 1.82) is 0 Å². The van der Waals surface area contributed by atoms with Crippen LogP contribution >= 0.6 is 0 Å². The Hall–Kier alpha value is -2.75. The molecule has 0 fully saturated rings. The maximum absolute atomic E-state index is 11.1. The van der Waals surface area contributed by atoms with Crippen LogP contribution in [0.15, 0.2) is 48.8 Å². The molecule has 3 rings (SSSR count). The first-order chi connectivity index (χ1) is 9.79. The smallest absolute Gasteiger partial charge is 0.150 e. The van der Waals surface area contributed by atoms with Crippen molar-refractivity contribution in [3.8, 4) is 22.6 Å². The van der Waals surface area contributed by atoms with Crippen molar-refractivity contribution in [3.63, 3.8) is 0 Å². The van der Waals surface area contributed by atoms with Gasteiger partial charge in [0.25, 0.3) is 0 Å². The number of rotatable bonds is 3. The van der Waals surface area contributed by atoms with Gasteiger partial charge in [-0.1, -0.05) is 24.3 Å². The van der Waals surface area contributed by atoms with E-state index < -0.39 is 0 Å². The number of carbonyl (C=O) groups excluding carboxylic acids is 1. The number of benzene rings is 1. The summed E-state index contributed by atoms with van der Waals surface area (Å²) in [6.45, 7) is 1.95. The van der Waals surface area contributed by atoms with Gasteiger partial charge >= 0.3 is 0 Å². The number of nitrogens with one attached hydrogen (secondary N) is 1. The van der Waals surface area contributed by atoms with Gasteiger partial charge in [-0.3, -0.25) is 9.78 Å². The SMILES string of the molecule is Cc1[nH]c(-c2cccnc2)nc1-c1ccccc1C=O. The molecule has 1 N–H and O–H groups in total. The second-order valence-corrected chi connectivity index (χ2v) is 4.51. The van der Waals surface area contributed by atoms with Gasteiger partial charge in [-0.05, 0) is 19.1 Å². The lowest BCUT2D eigenvalue weighted by Gasteiger charge is -2.01. The number of hydrogen-bond donors (Lipinski definition) is 1. The van der Waals surface area contributed by atoms with Crippen molar-refractivity contribution < 1.29 is 4.79 Å². The largest absolute Gasteiger partial charge is 0.341 e. The number of aromatic amines is 1.